The molecule has 2 saturated heterocycles. The van der Waals surface area contributed by atoms with Gasteiger partial charge in [-0.2, -0.15) is 4.98 Å². The summed E-state index contributed by atoms with van der Waals surface area (Å²) >= 11 is 0. The molecule has 0 spiro atoms. The van der Waals surface area contributed by atoms with E-state index in [1.165, 1.54) is 24.3 Å². The maximum atomic E-state index is 13.0. The van der Waals surface area contributed by atoms with Crippen molar-refractivity contribution in [2.75, 3.05) is 38.3 Å². The van der Waals surface area contributed by atoms with Crippen LogP contribution >= 0.6 is 0 Å². The molecule has 0 saturated carbocycles. The summed E-state index contributed by atoms with van der Waals surface area (Å²) in [6.07, 6.45) is 3.68. The Morgan fingerprint density at radius 1 is 1.21 bits per heavy atom. The average Bonchev–Trinajstić information content (AvgIpc) is 3.16. The zero-order chi connectivity index (χ0) is 19.5. The second-order valence-corrected chi connectivity index (χ2v) is 7.08. The summed E-state index contributed by atoms with van der Waals surface area (Å²) in [5, 5.41) is 0. The number of anilines is 1. The maximum absolute atomic E-state index is 13.0. The maximum Gasteiger partial charge on any atom is 0.260 e. The summed E-state index contributed by atoms with van der Waals surface area (Å²) in [6.45, 7) is 2.24. The number of nitrogens with zero attached hydrogens (tertiary/aromatic N) is 4. The van der Waals surface area contributed by atoms with Crippen molar-refractivity contribution >= 4 is 11.9 Å². The van der Waals surface area contributed by atoms with E-state index in [-0.39, 0.29) is 24.4 Å². The minimum absolute atomic E-state index is 0.0507. The van der Waals surface area contributed by atoms with E-state index in [9.17, 15) is 9.18 Å². The van der Waals surface area contributed by atoms with Crippen molar-refractivity contribution in [1.29, 1.82) is 0 Å². The van der Waals surface area contributed by atoms with Crippen molar-refractivity contribution in [2.45, 2.75) is 18.9 Å². The zero-order valence-electron chi connectivity index (χ0n) is 15.8. The van der Waals surface area contributed by atoms with Crippen LogP contribution in [-0.2, 0) is 4.79 Å². The van der Waals surface area contributed by atoms with Crippen LogP contribution in [0.3, 0.4) is 0 Å². The molecule has 148 valence electrons. The SMILES string of the molecule is COc1ccnc(N2CCC3CCN(C(=O)COc4ccc(F)cc4)C3C2)n1. The van der Waals surface area contributed by atoms with E-state index in [0.29, 0.717) is 30.0 Å². The van der Waals surface area contributed by atoms with E-state index >= 15 is 0 Å². The van der Waals surface area contributed by atoms with Gasteiger partial charge >= 0.3 is 0 Å². The van der Waals surface area contributed by atoms with E-state index in [1.54, 1.807) is 19.4 Å². The molecule has 8 heteroatoms. The number of likely N-dealkylation sites (tertiary alicyclic amines) is 1. The largest absolute Gasteiger partial charge is 0.484 e. The third-order valence-electron chi connectivity index (χ3n) is 5.47. The van der Waals surface area contributed by atoms with Gasteiger partial charge in [-0.05, 0) is 43.0 Å². The van der Waals surface area contributed by atoms with Gasteiger partial charge in [0, 0.05) is 31.9 Å². The number of carbonyl (C=O) groups excluding carboxylic acids is 1. The number of aromatic nitrogens is 2. The first kappa shape index (κ1) is 18.5. The molecule has 2 atom stereocenters. The fourth-order valence-electron chi connectivity index (χ4n) is 3.99. The Morgan fingerprint density at radius 2 is 2.00 bits per heavy atom. The van der Waals surface area contributed by atoms with Gasteiger partial charge < -0.3 is 19.3 Å². The molecule has 2 unspecified atom stereocenters. The first-order chi connectivity index (χ1) is 13.6. The summed E-state index contributed by atoms with van der Waals surface area (Å²) in [5.74, 6) is 1.74. The lowest BCUT2D eigenvalue weighted by Gasteiger charge is -2.38. The Kier molecular flexibility index (Phi) is 5.27. The highest BCUT2D eigenvalue weighted by Gasteiger charge is 2.41. The van der Waals surface area contributed by atoms with Crippen molar-refractivity contribution < 1.29 is 18.7 Å². The van der Waals surface area contributed by atoms with Gasteiger partial charge in [0.25, 0.3) is 5.91 Å². The third kappa shape index (κ3) is 3.85. The van der Waals surface area contributed by atoms with Gasteiger partial charge in [-0.3, -0.25) is 4.79 Å². The topological polar surface area (TPSA) is 67.8 Å². The van der Waals surface area contributed by atoms with Crippen molar-refractivity contribution in [3.05, 3.63) is 42.3 Å². The van der Waals surface area contributed by atoms with Crippen LogP contribution in [0.25, 0.3) is 0 Å². The third-order valence-corrected chi connectivity index (χ3v) is 5.47. The fourth-order valence-corrected chi connectivity index (χ4v) is 3.99. The lowest BCUT2D eigenvalue weighted by molar-refractivity contribution is -0.134. The number of piperidine rings is 1. The molecule has 1 aromatic heterocycles. The van der Waals surface area contributed by atoms with Crippen LogP contribution in [0, 0.1) is 11.7 Å². The van der Waals surface area contributed by atoms with Crippen molar-refractivity contribution in [3.8, 4) is 11.6 Å². The minimum Gasteiger partial charge on any atom is -0.484 e. The number of hydrogen-bond acceptors (Lipinski definition) is 6. The van der Waals surface area contributed by atoms with Crippen LogP contribution in [0.2, 0.25) is 0 Å². The van der Waals surface area contributed by atoms with E-state index in [1.807, 2.05) is 4.90 Å². The van der Waals surface area contributed by atoms with Crippen LogP contribution in [0.4, 0.5) is 10.3 Å². The molecule has 0 aliphatic carbocycles. The molecule has 7 nitrogen and oxygen atoms in total. The molecule has 2 fully saturated rings. The van der Waals surface area contributed by atoms with E-state index < -0.39 is 0 Å². The number of halogens is 1. The quantitative estimate of drug-likeness (QED) is 0.784. The summed E-state index contributed by atoms with van der Waals surface area (Å²) < 4.78 is 23.7. The van der Waals surface area contributed by atoms with Gasteiger partial charge in [0.1, 0.15) is 11.6 Å². The minimum atomic E-state index is -0.330. The zero-order valence-corrected chi connectivity index (χ0v) is 15.8. The first-order valence-corrected chi connectivity index (χ1v) is 9.44. The monoisotopic (exact) mass is 386 g/mol. The second-order valence-electron chi connectivity index (χ2n) is 7.08. The molecule has 2 aliphatic heterocycles. The predicted octanol–water partition coefficient (Wildman–Crippen LogP) is 2.13. The van der Waals surface area contributed by atoms with E-state index in [0.717, 1.165) is 25.9 Å². The van der Waals surface area contributed by atoms with Crippen LogP contribution in [-0.4, -0.2) is 60.2 Å². The molecule has 0 N–H and O–H groups in total. The molecule has 1 amide bonds. The number of ether oxygens (including phenoxy) is 2. The summed E-state index contributed by atoms with van der Waals surface area (Å²) in [4.78, 5) is 25.5. The van der Waals surface area contributed by atoms with E-state index in [4.69, 9.17) is 9.47 Å². The molecule has 28 heavy (non-hydrogen) atoms. The van der Waals surface area contributed by atoms with Gasteiger partial charge in [-0.15, -0.1) is 0 Å². The molecular weight excluding hydrogens is 363 g/mol. The van der Waals surface area contributed by atoms with Gasteiger partial charge in [0.15, 0.2) is 6.61 Å². The molecule has 0 radical (unpaired) electrons. The van der Waals surface area contributed by atoms with Crippen LogP contribution in [0.1, 0.15) is 12.8 Å². The van der Waals surface area contributed by atoms with Crippen molar-refractivity contribution in [1.82, 2.24) is 14.9 Å². The predicted molar refractivity (Wildman–Crippen MR) is 101 cm³/mol. The Hall–Kier alpha value is -2.90. The number of carbonyl (C=O) groups is 1. The highest BCUT2D eigenvalue weighted by Crippen LogP contribution is 2.33. The number of amides is 1. The Morgan fingerprint density at radius 3 is 2.79 bits per heavy atom. The fraction of sp³-hybridized carbons (Fsp3) is 0.450. The van der Waals surface area contributed by atoms with Crippen molar-refractivity contribution in [2.24, 2.45) is 5.92 Å². The highest BCUT2D eigenvalue weighted by atomic mass is 19.1. The van der Waals surface area contributed by atoms with Gasteiger partial charge in [-0.25, -0.2) is 9.37 Å². The second kappa shape index (κ2) is 8.00. The molecule has 0 bridgehead atoms. The average molecular weight is 386 g/mol. The molecule has 4 rings (SSSR count). The Balaban J connectivity index is 1.40. The normalized spacial score (nSPS) is 21.4. The Bertz CT molecular complexity index is 832. The Labute approximate surface area is 163 Å². The summed E-state index contributed by atoms with van der Waals surface area (Å²) in [7, 11) is 1.58. The van der Waals surface area contributed by atoms with Crippen LogP contribution < -0.4 is 14.4 Å². The lowest BCUT2D eigenvalue weighted by atomic mass is 9.92. The smallest absolute Gasteiger partial charge is 0.260 e. The van der Waals surface area contributed by atoms with Crippen LogP contribution in [0.15, 0.2) is 36.5 Å². The van der Waals surface area contributed by atoms with Crippen molar-refractivity contribution in [3.63, 3.8) is 0 Å². The highest BCUT2D eigenvalue weighted by molar-refractivity contribution is 5.78. The number of methoxy groups -OCH3 is 1. The summed E-state index contributed by atoms with van der Waals surface area (Å²) in [6, 6.07) is 7.52. The molecular formula is C20H23FN4O3. The first-order valence-electron chi connectivity index (χ1n) is 9.44. The number of benzene rings is 1. The number of hydrogen-bond donors (Lipinski definition) is 0. The van der Waals surface area contributed by atoms with Crippen LogP contribution in [0.5, 0.6) is 11.6 Å². The molecule has 3 heterocycles. The molecule has 1 aromatic carbocycles. The lowest BCUT2D eigenvalue weighted by Crippen LogP contribution is -2.51. The standard InChI is InChI=1S/C20H23FN4O3/c1-27-18-6-9-22-20(23-18)24-10-7-14-8-11-25(17(14)12-24)19(26)13-28-16-4-2-15(21)3-5-16/h2-6,9,14,17H,7-8,10-13H2,1H3. The van der Waals surface area contributed by atoms with E-state index in [2.05, 4.69) is 14.9 Å². The van der Waals surface area contributed by atoms with Gasteiger partial charge in [0.2, 0.25) is 11.8 Å². The molecule has 2 aliphatic rings. The number of fused-ring (bicyclic) bond motifs is 1. The van der Waals surface area contributed by atoms with Gasteiger partial charge in [0.05, 0.1) is 13.2 Å². The molecule has 2 aromatic rings. The summed E-state index contributed by atoms with van der Waals surface area (Å²) in [5.41, 5.74) is 0. The van der Waals surface area contributed by atoms with Gasteiger partial charge in [-0.1, -0.05) is 0 Å². The number of rotatable bonds is 5.